The second kappa shape index (κ2) is 4.21. The van der Waals surface area contributed by atoms with Crippen LogP contribution in [0.1, 0.15) is 11.1 Å². The Morgan fingerprint density at radius 3 is 2.93 bits per heavy atom. The van der Waals surface area contributed by atoms with Crippen molar-refractivity contribution in [3.05, 3.63) is 29.3 Å². The highest BCUT2D eigenvalue weighted by molar-refractivity contribution is 6.22. The molecule has 2 rings (SSSR count). The van der Waals surface area contributed by atoms with Gasteiger partial charge in [0.2, 0.25) is 5.91 Å². The van der Waals surface area contributed by atoms with E-state index in [4.69, 9.17) is 17.3 Å². The quantitative estimate of drug-likeness (QED) is 0.621. The maximum Gasteiger partial charge on any atom is 0.232 e. The van der Waals surface area contributed by atoms with Crippen LogP contribution in [0.3, 0.4) is 0 Å². The zero-order chi connectivity index (χ0) is 10.8. The van der Waals surface area contributed by atoms with Gasteiger partial charge in [-0.2, -0.15) is 0 Å². The maximum absolute atomic E-state index is 11.5. The van der Waals surface area contributed by atoms with Crippen molar-refractivity contribution in [2.24, 2.45) is 5.73 Å². The molecule has 0 aliphatic carbocycles. The molecule has 80 valence electrons. The number of hydrogen-bond acceptors (Lipinski definition) is 2. The van der Waals surface area contributed by atoms with Crippen molar-refractivity contribution in [1.29, 1.82) is 0 Å². The fraction of sp³-hybridized carbons (Fsp3) is 0.364. The van der Waals surface area contributed by atoms with Crippen LogP contribution in [0.25, 0.3) is 0 Å². The Bertz CT molecular complexity index is 392. The van der Waals surface area contributed by atoms with Crippen LogP contribution in [-0.4, -0.2) is 18.5 Å². The first-order valence-electron chi connectivity index (χ1n) is 4.94. The molecule has 15 heavy (non-hydrogen) atoms. The first kappa shape index (κ1) is 10.5. The van der Waals surface area contributed by atoms with Crippen LogP contribution in [0, 0.1) is 0 Å². The minimum atomic E-state index is 0.0740. The molecule has 0 saturated heterocycles. The van der Waals surface area contributed by atoms with Gasteiger partial charge in [-0.3, -0.25) is 9.69 Å². The number of amides is 1. The number of nitrogens with zero attached hydrogens (tertiary/aromatic N) is 1. The molecule has 0 radical (unpaired) electrons. The van der Waals surface area contributed by atoms with Crippen molar-refractivity contribution in [2.75, 3.05) is 17.4 Å². The van der Waals surface area contributed by atoms with Gasteiger partial charge in [0, 0.05) is 5.69 Å². The third kappa shape index (κ3) is 1.85. The highest BCUT2D eigenvalue weighted by atomic mass is 35.5. The molecule has 1 aliphatic rings. The molecular formula is C11H13ClN2O. The Labute approximate surface area is 93.8 Å². The summed E-state index contributed by atoms with van der Waals surface area (Å²) in [7, 11) is 0. The van der Waals surface area contributed by atoms with Crippen molar-refractivity contribution in [2.45, 2.75) is 12.8 Å². The molecule has 1 aromatic rings. The van der Waals surface area contributed by atoms with Gasteiger partial charge in [-0.1, -0.05) is 12.1 Å². The predicted molar refractivity (Wildman–Crippen MR) is 61.1 cm³/mol. The molecule has 0 spiro atoms. The summed E-state index contributed by atoms with van der Waals surface area (Å²) < 4.78 is 0. The lowest BCUT2D eigenvalue weighted by Crippen LogP contribution is -2.24. The number of carbonyl (C=O) groups excluding carboxylic acids is 1. The fourth-order valence-corrected chi connectivity index (χ4v) is 2.15. The molecule has 2 N–H and O–H groups in total. The monoisotopic (exact) mass is 224 g/mol. The summed E-state index contributed by atoms with van der Waals surface area (Å²) in [5.41, 5.74) is 8.67. The summed E-state index contributed by atoms with van der Waals surface area (Å²) in [5, 5.41) is 0. The number of rotatable bonds is 3. The Morgan fingerprint density at radius 2 is 2.27 bits per heavy atom. The first-order chi connectivity index (χ1) is 7.26. The number of benzene rings is 1. The average Bonchev–Trinajstić information content (AvgIpc) is 2.53. The third-order valence-corrected chi connectivity index (χ3v) is 2.87. The Hall–Kier alpha value is -1.06. The van der Waals surface area contributed by atoms with Gasteiger partial charge >= 0.3 is 0 Å². The Kier molecular flexibility index (Phi) is 2.93. The second-order valence-corrected chi connectivity index (χ2v) is 3.86. The molecule has 1 aromatic carbocycles. The zero-order valence-corrected chi connectivity index (χ0v) is 9.13. The minimum absolute atomic E-state index is 0.0740. The molecule has 0 bridgehead atoms. The normalized spacial score (nSPS) is 14.5. The summed E-state index contributed by atoms with van der Waals surface area (Å²) in [6, 6.07) is 6.23. The summed E-state index contributed by atoms with van der Waals surface area (Å²) >= 11 is 5.72. The van der Waals surface area contributed by atoms with E-state index in [-0.39, 0.29) is 11.9 Å². The van der Waals surface area contributed by atoms with Crippen molar-refractivity contribution < 1.29 is 4.79 Å². The Morgan fingerprint density at radius 1 is 1.47 bits per heavy atom. The van der Waals surface area contributed by atoms with Gasteiger partial charge in [0.15, 0.2) is 0 Å². The number of nitrogens with two attached hydrogens (primary N) is 1. The van der Waals surface area contributed by atoms with E-state index < -0.39 is 0 Å². The number of anilines is 1. The number of carbonyl (C=O) groups is 1. The van der Waals surface area contributed by atoms with Gasteiger partial charge in [0.25, 0.3) is 0 Å². The largest absolute Gasteiger partial charge is 0.330 e. The molecule has 1 amide bonds. The highest BCUT2D eigenvalue weighted by Gasteiger charge is 2.26. The SMILES string of the molecule is NCCc1ccc2c(c1)CC(=O)N2CCl. The first-order valence-corrected chi connectivity index (χ1v) is 5.48. The molecule has 3 nitrogen and oxygen atoms in total. The van der Waals surface area contributed by atoms with E-state index in [9.17, 15) is 4.79 Å². The highest BCUT2D eigenvalue weighted by Crippen LogP contribution is 2.29. The smallest absolute Gasteiger partial charge is 0.232 e. The fourth-order valence-electron chi connectivity index (χ4n) is 1.89. The second-order valence-electron chi connectivity index (χ2n) is 3.62. The van der Waals surface area contributed by atoms with Crippen LogP contribution < -0.4 is 10.6 Å². The average molecular weight is 225 g/mol. The lowest BCUT2D eigenvalue weighted by Gasteiger charge is -2.13. The van der Waals surface area contributed by atoms with E-state index in [1.807, 2.05) is 18.2 Å². The van der Waals surface area contributed by atoms with Crippen molar-refractivity contribution in [3.8, 4) is 0 Å². The zero-order valence-electron chi connectivity index (χ0n) is 8.37. The van der Waals surface area contributed by atoms with E-state index in [1.165, 1.54) is 5.56 Å². The van der Waals surface area contributed by atoms with Crippen LogP contribution in [0.5, 0.6) is 0 Å². The van der Waals surface area contributed by atoms with Crippen LogP contribution in [0.15, 0.2) is 18.2 Å². The molecule has 4 heteroatoms. The lowest BCUT2D eigenvalue weighted by atomic mass is 10.1. The van der Waals surface area contributed by atoms with Crippen LogP contribution in [-0.2, 0) is 17.6 Å². The van der Waals surface area contributed by atoms with E-state index >= 15 is 0 Å². The van der Waals surface area contributed by atoms with E-state index in [0.717, 1.165) is 17.7 Å². The van der Waals surface area contributed by atoms with Gasteiger partial charge in [-0.15, -0.1) is 11.6 Å². The Balaban J connectivity index is 2.33. The van der Waals surface area contributed by atoms with Crippen molar-refractivity contribution in [1.82, 2.24) is 0 Å². The third-order valence-electron chi connectivity index (χ3n) is 2.63. The van der Waals surface area contributed by atoms with E-state index in [0.29, 0.717) is 13.0 Å². The molecule has 0 fully saturated rings. The summed E-state index contributed by atoms with van der Waals surface area (Å²) in [4.78, 5) is 13.1. The number of hydrogen-bond donors (Lipinski definition) is 1. The van der Waals surface area contributed by atoms with Crippen LogP contribution in [0.2, 0.25) is 0 Å². The molecule has 0 unspecified atom stereocenters. The number of halogens is 1. The summed E-state index contributed by atoms with van der Waals surface area (Å²) in [6.07, 6.45) is 1.31. The van der Waals surface area contributed by atoms with E-state index in [1.54, 1.807) is 4.90 Å². The maximum atomic E-state index is 11.5. The van der Waals surface area contributed by atoms with Crippen LogP contribution >= 0.6 is 11.6 Å². The molecule has 1 heterocycles. The van der Waals surface area contributed by atoms with E-state index in [2.05, 4.69) is 0 Å². The molecule has 0 saturated carbocycles. The minimum Gasteiger partial charge on any atom is -0.330 e. The van der Waals surface area contributed by atoms with Crippen molar-refractivity contribution >= 4 is 23.2 Å². The van der Waals surface area contributed by atoms with Gasteiger partial charge in [-0.05, 0) is 30.2 Å². The molecule has 0 atom stereocenters. The predicted octanol–water partition coefficient (Wildman–Crippen LogP) is 1.27. The van der Waals surface area contributed by atoms with Gasteiger partial charge in [0.1, 0.15) is 6.00 Å². The van der Waals surface area contributed by atoms with Crippen molar-refractivity contribution in [3.63, 3.8) is 0 Å². The molecule has 1 aliphatic heterocycles. The van der Waals surface area contributed by atoms with Crippen LogP contribution in [0.4, 0.5) is 5.69 Å². The number of alkyl halides is 1. The standard InChI is InChI=1S/C11H13ClN2O/c12-7-14-10-2-1-8(3-4-13)5-9(10)6-11(14)15/h1-2,5H,3-4,6-7,13H2. The topological polar surface area (TPSA) is 46.3 Å². The number of fused-ring (bicyclic) bond motifs is 1. The summed E-state index contributed by atoms with van der Waals surface area (Å²) in [6.45, 7) is 0.631. The van der Waals surface area contributed by atoms with Gasteiger partial charge < -0.3 is 5.73 Å². The van der Waals surface area contributed by atoms with Gasteiger partial charge in [0.05, 0.1) is 6.42 Å². The summed E-state index contributed by atoms with van der Waals surface area (Å²) in [5.74, 6) is 0.0740. The lowest BCUT2D eigenvalue weighted by molar-refractivity contribution is -0.117. The molecular weight excluding hydrogens is 212 g/mol. The molecule has 0 aromatic heterocycles. The van der Waals surface area contributed by atoms with Gasteiger partial charge in [-0.25, -0.2) is 0 Å².